The Morgan fingerprint density at radius 3 is 3.00 bits per heavy atom. The Morgan fingerprint density at radius 1 is 1.27 bits per heavy atom. The van der Waals surface area contributed by atoms with Gasteiger partial charge in [0.25, 0.3) is 5.91 Å². The number of fused-ring (bicyclic) bond motifs is 3. The fourth-order valence-corrected chi connectivity index (χ4v) is 3.71. The first-order valence-corrected chi connectivity index (χ1v) is 8.62. The van der Waals surface area contributed by atoms with Gasteiger partial charge in [-0.05, 0) is 43.5 Å². The number of carbonyl (C=O) groups excluding carboxylic acids is 2. The molecular weight excluding hydrogens is 328 g/mol. The van der Waals surface area contributed by atoms with E-state index in [9.17, 15) is 9.59 Å². The lowest BCUT2D eigenvalue weighted by molar-refractivity contribution is 0.0672. The van der Waals surface area contributed by atoms with Crippen LogP contribution in [0.5, 0.6) is 0 Å². The van der Waals surface area contributed by atoms with Crippen molar-refractivity contribution in [1.82, 2.24) is 9.88 Å². The number of carbonyl (C=O) groups is 2. The number of terminal acetylenes is 1. The Kier molecular flexibility index (Phi) is 4.05. The summed E-state index contributed by atoms with van der Waals surface area (Å²) in [6.07, 6.45) is 9.94. The number of pyridine rings is 1. The molecule has 26 heavy (non-hydrogen) atoms. The number of nitrogens with zero attached hydrogens (tertiary/aromatic N) is 2. The van der Waals surface area contributed by atoms with Crippen LogP contribution in [0.2, 0.25) is 0 Å². The summed E-state index contributed by atoms with van der Waals surface area (Å²) in [6.45, 7) is 0.770. The second-order valence-corrected chi connectivity index (χ2v) is 6.43. The minimum atomic E-state index is -0.415. The summed E-state index contributed by atoms with van der Waals surface area (Å²) in [5.41, 5.74) is 2.90. The van der Waals surface area contributed by atoms with Crippen molar-refractivity contribution < 1.29 is 9.59 Å². The smallest absolute Gasteiger partial charge is 0.324 e. The summed E-state index contributed by atoms with van der Waals surface area (Å²) >= 11 is 0. The monoisotopic (exact) mass is 346 g/mol. The lowest BCUT2D eigenvalue weighted by Gasteiger charge is -2.30. The lowest BCUT2D eigenvalue weighted by Crippen LogP contribution is -2.32. The lowest BCUT2D eigenvalue weighted by atomic mass is 9.96. The molecule has 1 fully saturated rings. The van der Waals surface area contributed by atoms with Gasteiger partial charge >= 0.3 is 6.03 Å². The Hall–Kier alpha value is -3.33. The summed E-state index contributed by atoms with van der Waals surface area (Å²) < 4.78 is 0. The molecule has 0 bridgehead atoms. The normalized spacial score (nSPS) is 17.9. The van der Waals surface area contributed by atoms with Crippen LogP contribution in [0.25, 0.3) is 0 Å². The van der Waals surface area contributed by atoms with Gasteiger partial charge in [0.15, 0.2) is 0 Å². The molecule has 0 spiro atoms. The highest BCUT2D eigenvalue weighted by Gasteiger charge is 2.39. The summed E-state index contributed by atoms with van der Waals surface area (Å²) in [6, 6.07) is 8.40. The van der Waals surface area contributed by atoms with Crippen molar-refractivity contribution in [3.8, 4) is 12.3 Å². The minimum Gasteiger partial charge on any atom is -0.331 e. The van der Waals surface area contributed by atoms with Gasteiger partial charge in [-0.25, -0.2) is 9.78 Å². The Labute approximate surface area is 151 Å². The topological polar surface area (TPSA) is 74.3 Å². The molecule has 1 aromatic carbocycles. The van der Waals surface area contributed by atoms with Crippen molar-refractivity contribution in [2.45, 2.75) is 25.3 Å². The molecular formula is C20H18N4O2. The average molecular weight is 346 g/mol. The summed E-state index contributed by atoms with van der Waals surface area (Å²) in [4.78, 5) is 31.0. The highest BCUT2D eigenvalue weighted by atomic mass is 16.2. The van der Waals surface area contributed by atoms with E-state index >= 15 is 0 Å². The highest BCUT2D eigenvalue weighted by molar-refractivity contribution is 6.05. The van der Waals surface area contributed by atoms with E-state index in [1.54, 1.807) is 24.4 Å². The predicted molar refractivity (Wildman–Crippen MR) is 98.9 cm³/mol. The third kappa shape index (κ3) is 2.78. The zero-order chi connectivity index (χ0) is 18.1. The van der Waals surface area contributed by atoms with Gasteiger partial charge in [0.1, 0.15) is 5.82 Å². The van der Waals surface area contributed by atoms with Gasteiger partial charge in [-0.2, -0.15) is 0 Å². The Balaban J connectivity index is 1.57. The fourth-order valence-electron chi connectivity index (χ4n) is 3.71. The SMILES string of the molecule is C#Cc1ccnc(NC(=O)Nc2cccc3c2C2CCCCN2C3=O)c1. The number of piperidine rings is 1. The molecule has 2 aliphatic rings. The maximum absolute atomic E-state index is 12.6. The second-order valence-electron chi connectivity index (χ2n) is 6.43. The van der Waals surface area contributed by atoms with E-state index in [1.165, 1.54) is 0 Å². The van der Waals surface area contributed by atoms with Gasteiger partial charge in [0, 0.05) is 35.1 Å². The molecule has 2 aliphatic heterocycles. The predicted octanol–water partition coefficient (Wildman–Crippen LogP) is 3.39. The molecule has 0 radical (unpaired) electrons. The fraction of sp³-hybridized carbons (Fsp3) is 0.250. The first kappa shape index (κ1) is 16.2. The number of urea groups is 1. The molecule has 1 atom stereocenters. The van der Waals surface area contributed by atoms with Gasteiger partial charge in [-0.3, -0.25) is 10.1 Å². The first-order chi connectivity index (χ1) is 12.7. The molecule has 1 unspecified atom stereocenters. The van der Waals surface area contributed by atoms with Crippen LogP contribution in [-0.4, -0.2) is 28.4 Å². The maximum Gasteiger partial charge on any atom is 0.324 e. The van der Waals surface area contributed by atoms with Crippen molar-refractivity contribution in [2.24, 2.45) is 0 Å². The van der Waals surface area contributed by atoms with Crippen molar-refractivity contribution in [3.63, 3.8) is 0 Å². The largest absolute Gasteiger partial charge is 0.331 e. The van der Waals surface area contributed by atoms with E-state index in [0.717, 1.165) is 31.4 Å². The number of rotatable bonds is 2. The molecule has 3 heterocycles. The molecule has 6 nitrogen and oxygen atoms in total. The third-order valence-corrected chi connectivity index (χ3v) is 4.85. The molecule has 130 valence electrons. The van der Waals surface area contributed by atoms with E-state index < -0.39 is 6.03 Å². The molecule has 1 aromatic heterocycles. The summed E-state index contributed by atoms with van der Waals surface area (Å²) in [5, 5.41) is 5.55. The van der Waals surface area contributed by atoms with Crippen LogP contribution < -0.4 is 10.6 Å². The standard InChI is InChI=1S/C20H18N4O2/c1-2-13-9-10-21-17(12-13)23-20(26)22-15-7-5-6-14-18(15)16-8-3-4-11-24(16)19(14)25/h1,5-7,9-10,12,16H,3-4,8,11H2,(H2,21,22,23,26). The quantitative estimate of drug-likeness (QED) is 0.819. The summed E-state index contributed by atoms with van der Waals surface area (Å²) in [7, 11) is 0. The van der Waals surface area contributed by atoms with Crippen molar-refractivity contribution >= 4 is 23.4 Å². The van der Waals surface area contributed by atoms with E-state index in [2.05, 4.69) is 21.5 Å². The summed E-state index contributed by atoms with van der Waals surface area (Å²) in [5.74, 6) is 2.93. The molecule has 0 saturated carbocycles. The van der Waals surface area contributed by atoms with Crippen LogP contribution in [0.1, 0.15) is 46.8 Å². The Bertz CT molecular complexity index is 932. The number of benzene rings is 1. The minimum absolute atomic E-state index is 0.0469. The average Bonchev–Trinajstić information content (AvgIpc) is 2.96. The van der Waals surface area contributed by atoms with E-state index in [1.807, 2.05) is 17.0 Å². The van der Waals surface area contributed by atoms with Crippen LogP contribution in [0.3, 0.4) is 0 Å². The van der Waals surface area contributed by atoms with Crippen LogP contribution in [0, 0.1) is 12.3 Å². The zero-order valence-corrected chi connectivity index (χ0v) is 14.2. The van der Waals surface area contributed by atoms with Gasteiger partial charge in [-0.1, -0.05) is 12.0 Å². The van der Waals surface area contributed by atoms with Gasteiger partial charge in [0.05, 0.1) is 6.04 Å². The van der Waals surface area contributed by atoms with Gasteiger partial charge in [0.2, 0.25) is 0 Å². The molecule has 6 heteroatoms. The molecule has 2 N–H and O–H groups in total. The van der Waals surface area contributed by atoms with Crippen molar-refractivity contribution in [2.75, 3.05) is 17.2 Å². The van der Waals surface area contributed by atoms with Crippen molar-refractivity contribution in [1.29, 1.82) is 0 Å². The van der Waals surface area contributed by atoms with Crippen LogP contribution in [0.15, 0.2) is 36.5 Å². The molecule has 1 saturated heterocycles. The second kappa shape index (κ2) is 6.52. The van der Waals surface area contributed by atoms with Crippen LogP contribution in [-0.2, 0) is 0 Å². The maximum atomic E-state index is 12.6. The zero-order valence-electron chi connectivity index (χ0n) is 14.2. The number of aromatic nitrogens is 1. The van der Waals surface area contributed by atoms with Crippen LogP contribution in [0.4, 0.5) is 16.3 Å². The first-order valence-electron chi connectivity index (χ1n) is 8.62. The number of hydrogen-bond donors (Lipinski definition) is 2. The number of anilines is 2. The van der Waals surface area contributed by atoms with Crippen LogP contribution >= 0.6 is 0 Å². The molecule has 2 aromatic rings. The third-order valence-electron chi connectivity index (χ3n) is 4.85. The van der Waals surface area contributed by atoms with Gasteiger partial charge < -0.3 is 10.2 Å². The number of nitrogens with one attached hydrogen (secondary N) is 2. The van der Waals surface area contributed by atoms with E-state index in [0.29, 0.717) is 22.6 Å². The van der Waals surface area contributed by atoms with Crippen molar-refractivity contribution in [3.05, 3.63) is 53.2 Å². The Morgan fingerprint density at radius 2 is 2.15 bits per heavy atom. The molecule has 3 amide bonds. The van der Waals surface area contributed by atoms with E-state index in [4.69, 9.17) is 6.42 Å². The van der Waals surface area contributed by atoms with Gasteiger partial charge in [-0.15, -0.1) is 6.42 Å². The number of hydrogen-bond acceptors (Lipinski definition) is 3. The highest BCUT2D eigenvalue weighted by Crippen LogP contribution is 2.43. The van der Waals surface area contributed by atoms with E-state index in [-0.39, 0.29) is 11.9 Å². The number of amides is 3. The molecule has 0 aliphatic carbocycles. The molecule has 4 rings (SSSR count).